The number of hydrogen-bond acceptors (Lipinski definition) is 2. The zero-order valence-electron chi connectivity index (χ0n) is 29.6. The van der Waals surface area contributed by atoms with E-state index in [1.54, 1.807) is 0 Å². The Morgan fingerprint density at radius 3 is 1.63 bits per heavy atom. The third-order valence-corrected chi connectivity index (χ3v) is 10.5. The Labute approximate surface area is 314 Å². The normalized spacial score (nSPS) is 11.3. The third kappa shape index (κ3) is 5.71. The van der Waals surface area contributed by atoms with E-state index in [9.17, 15) is 0 Å². The number of fused-ring (bicyclic) bond motifs is 4. The molecule has 1 heterocycles. The second-order valence-corrected chi connectivity index (χ2v) is 13.7. The van der Waals surface area contributed by atoms with Gasteiger partial charge >= 0.3 is 0 Å². The van der Waals surface area contributed by atoms with Crippen LogP contribution < -0.4 is 4.90 Å². The minimum atomic E-state index is 0.901. The molecule has 0 N–H and O–H groups in total. The van der Waals surface area contributed by atoms with Crippen LogP contribution in [0.3, 0.4) is 0 Å². The molecule has 0 unspecified atom stereocenters. The molecule has 0 atom stereocenters. The molecule has 0 radical (unpaired) electrons. The molecule has 0 aliphatic rings. The molecule has 9 aromatic carbocycles. The molecule has 10 rings (SSSR count). The Hall–Kier alpha value is -7.16. The van der Waals surface area contributed by atoms with Crippen LogP contribution in [0.4, 0.5) is 17.1 Å². The van der Waals surface area contributed by atoms with Gasteiger partial charge in [-0.1, -0.05) is 164 Å². The van der Waals surface area contributed by atoms with Gasteiger partial charge in [-0.3, -0.25) is 0 Å². The fraction of sp³-hybridized carbons (Fsp3) is 0. The van der Waals surface area contributed by atoms with E-state index in [1.165, 1.54) is 44.2 Å². The fourth-order valence-corrected chi connectivity index (χ4v) is 7.81. The van der Waals surface area contributed by atoms with Gasteiger partial charge in [0.05, 0.1) is 0 Å². The molecule has 0 spiro atoms. The van der Waals surface area contributed by atoms with Crippen LogP contribution in [0, 0.1) is 0 Å². The first-order valence-electron chi connectivity index (χ1n) is 18.4. The molecule has 254 valence electrons. The summed E-state index contributed by atoms with van der Waals surface area (Å²) >= 11 is 0. The van der Waals surface area contributed by atoms with Crippen molar-refractivity contribution in [3.05, 3.63) is 212 Å². The van der Waals surface area contributed by atoms with Crippen LogP contribution in [0.25, 0.3) is 77.2 Å². The molecule has 0 aliphatic heterocycles. The average Bonchev–Trinajstić information content (AvgIpc) is 3.64. The topological polar surface area (TPSA) is 16.4 Å². The molecule has 0 bridgehead atoms. The number of hydrogen-bond donors (Lipinski definition) is 0. The minimum absolute atomic E-state index is 0.901. The van der Waals surface area contributed by atoms with E-state index in [-0.39, 0.29) is 0 Å². The highest BCUT2D eigenvalue weighted by molar-refractivity contribution is 6.09. The summed E-state index contributed by atoms with van der Waals surface area (Å²) in [6, 6.07) is 75.8. The van der Waals surface area contributed by atoms with Crippen LogP contribution in [0.5, 0.6) is 0 Å². The summed E-state index contributed by atoms with van der Waals surface area (Å²) in [5, 5.41) is 4.75. The third-order valence-electron chi connectivity index (χ3n) is 10.5. The number of benzene rings is 9. The standard InChI is InChI=1S/C52H35NO/c1-2-12-36(13-3-1)40-16-8-17-41(34-40)37-26-30-43(31-27-37)53(44-32-28-39(29-33-44)47-22-10-15-38-14-4-5-20-46(38)47)45-19-9-18-42(35-45)48-23-11-24-50-49-21-6-7-25-51(49)54-52(48)50/h1-35H. The first-order valence-corrected chi connectivity index (χ1v) is 18.4. The zero-order valence-corrected chi connectivity index (χ0v) is 29.6. The molecule has 0 saturated heterocycles. The second kappa shape index (κ2) is 13.4. The molecule has 0 saturated carbocycles. The average molecular weight is 690 g/mol. The molecule has 2 nitrogen and oxygen atoms in total. The van der Waals surface area contributed by atoms with Crippen LogP contribution in [0.15, 0.2) is 217 Å². The van der Waals surface area contributed by atoms with E-state index < -0.39 is 0 Å². The fourth-order valence-electron chi connectivity index (χ4n) is 7.81. The number of para-hydroxylation sites is 2. The van der Waals surface area contributed by atoms with E-state index >= 15 is 0 Å². The maximum absolute atomic E-state index is 6.47. The lowest BCUT2D eigenvalue weighted by Crippen LogP contribution is -2.10. The van der Waals surface area contributed by atoms with Crippen LogP contribution in [-0.2, 0) is 0 Å². The van der Waals surface area contributed by atoms with Gasteiger partial charge in [0.1, 0.15) is 11.2 Å². The quantitative estimate of drug-likeness (QED) is 0.166. The van der Waals surface area contributed by atoms with Gasteiger partial charge in [0.2, 0.25) is 0 Å². The van der Waals surface area contributed by atoms with Crippen molar-refractivity contribution >= 4 is 49.8 Å². The van der Waals surface area contributed by atoms with Crippen LogP contribution in [-0.4, -0.2) is 0 Å². The van der Waals surface area contributed by atoms with Gasteiger partial charge in [-0.05, 0) is 98.2 Å². The molecule has 1 aromatic heterocycles. The number of furan rings is 1. The first-order chi connectivity index (χ1) is 26.8. The maximum Gasteiger partial charge on any atom is 0.143 e. The highest BCUT2D eigenvalue weighted by Gasteiger charge is 2.17. The van der Waals surface area contributed by atoms with Crippen LogP contribution in [0.1, 0.15) is 0 Å². The van der Waals surface area contributed by atoms with Crippen LogP contribution in [0.2, 0.25) is 0 Å². The Balaban J connectivity index is 1.07. The van der Waals surface area contributed by atoms with Gasteiger partial charge in [-0.15, -0.1) is 0 Å². The Bertz CT molecular complexity index is 2920. The molecule has 0 amide bonds. The minimum Gasteiger partial charge on any atom is -0.455 e. The van der Waals surface area contributed by atoms with Crippen molar-refractivity contribution in [2.45, 2.75) is 0 Å². The number of nitrogens with zero attached hydrogens (tertiary/aromatic N) is 1. The van der Waals surface area contributed by atoms with Gasteiger partial charge in [0.15, 0.2) is 0 Å². The van der Waals surface area contributed by atoms with E-state index in [0.717, 1.165) is 50.1 Å². The Morgan fingerprint density at radius 1 is 0.296 bits per heavy atom. The van der Waals surface area contributed by atoms with Crippen molar-refractivity contribution in [1.29, 1.82) is 0 Å². The highest BCUT2D eigenvalue weighted by Crippen LogP contribution is 2.41. The van der Waals surface area contributed by atoms with E-state index in [0.29, 0.717) is 0 Å². The predicted molar refractivity (Wildman–Crippen MR) is 228 cm³/mol. The van der Waals surface area contributed by atoms with Gasteiger partial charge in [0.25, 0.3) is 0 Å². The summed E-state index contributed by atoms with van der Waals surface area (Å²) in [6.45, 7) is 0. The lowest BCUT2D eigenvalue weighted by atomic mass is 9.97. The summed E-state index contributed by atoms with van der Waals surface area (Å²) < 4.78 is 6.47. The summed E-state index contributed by atoms with van der Waals surface area (Å²) in [4.78, 5) is 2.35. The molecule has 54 heavy (non-hydrogen) atoms. The smallest absolute Gasteiger partial charge is 0.143 e. The van der Waals surface area contributed by atoms with E-state index in [2.05, 4.69) is 205 Å². The zero-order chi connectivity index (χ0) is 35.8. The lowest BCUT2D eigenvalue weighted by Gasteiger charge is -2.26. The lowest BCUT2D eigenvalue weighted by molar-refractivity contribution is 0.670. The first kappa shape index (κ1) is 31.6. The van der Waals surface area contributed by atoms with Crippen molar-refractivity contribution < 1.29 is 4.42 Å². The van der Waals surface area contributed by atoms with Gasteiger partial charge < -0.3 is 9.32 Å². The van der Waals surface area contributed by atoms with Crippen molar-refractivity contribution in [1.82, 2.24) is 0 Å². The molecule has 0 aliphatic carbocycles. The monoisotopic (exact) mass is 689 g/mol. The van der Waals surface area contributed by atoms with E-state index in [1.807, 2.05) is 12.1 Å². The molecule has 10 aromatic rings. The largest absolute Gasteiger partial charge is 0.455 e. The summed E-state index contributed by atoms with van der Waals surface area (Å²) in [5.41, 5.74) is 14.4. The van der Waals surface area contributed by atoms with Crippen molar-refractivity contribution in [2.24, 2.45) is 0 Å². The predicted octanol–water partition coefficient (Wildman–Crippen LogP) is 14.9. The molecule has 2 heteroatoms. The van der Waals surface area contributed by atoms with Gasteiger partial charge in [-0.25, -0.2) is 0 Å². The Morgan fingerprint density at radius 2 is 0.833 bits per heavy atom. The Kier molecular flexibility index (Phi) is 7.85. The summed E-state index contributed by atoms with van der Waals surface area (Å²) in [5.74, 6) is 0. The summed E-state index contributed by atoms with van der Waals surface area (Å²) in [6.07, 6.45) is 0. The summed E-state index contributed by atoms with van der Waals surface area (Å²) in [7, 11) is 0. The molecular weight excluding hydrogens is 655 g/mol. The van der Waals surface area contributed by atoms with Crippen molar-refractivity contribution in [2.75, 3.05) is 4.90 Å². The van der Waals surface area contributed by atoms with E-state index in [4.69, 9.17) is 4.42 Å². The van der Waals surface area contributed by atoms with Crippen molar-refractivity contribution in [3.63, 3.8) is 0 Å². The molecule has 0 fully saturated rings. The van der Waals surface area contributed by atoms with Crippen LogP contribution >= 0.6 is 0 Å². The number of rotatable bonds is 7. The maximum atomic E-state index is 6.47. The second-order valence-electron chi connectivity index (χ2n) is 13.7. The SMILES string of the molecule is c1ccc(-c2cccc(-c3ccc(N(c4ccc(-c5cccc6ccccc56)cc4)c4cccc(-c5cccc6c5oc5ccccc56)c4)cc3)c2)cc1. The number of anilines is 3. The van der Waals surface area contributed by atoms with Gasteiger partial charge in [-0.2, -0.15) is 0 Å². The van der Waals surface area contributed by atoms with Gasteiger partial charge in [0, 0.05) is 33.4 Å². The highest BCUT2D eigenvalue weighted by atomic mass is 16.3. The molecular formula is C52H35NO. The van der Waals surface area contributed by atoms with Crippen molar-refractivity contribution in [3.8, 4) is 44.5 Å².